The van der Waals surface area contributed by atoms with E-state index in [2.05, 4.69) is 13.8 Å². The van der Waals surface area contributed by atoms with E-state index >= 15 is 0 Å². The van der Waals surface area contributed by atoms with Crippen molar-refractivity contribution in [1.29, 1.82) is 0 Å². The van der Waals surface area contributed by atoms with E-state index in [1.54, 1.807) is 17.8 Å². The molecule has 1 nitrogen and oxygen atoms in total. The minimum absolute atomic E-state index is 0.199. The van der Waals surface area contributed by atoms with Gasteiger partial charge >= 0.3 is 0 Å². The van der Waals surface area contributed by atoms with Gasteiger partial charge in [-0.05, 0) is 43.5 Å². The van der Waals surface area contributed by atoms with E-state index < -0.39 is 0 Å². The highest BCUT2D eigenvalue weighted by Crippen LogP contribution is 2.36. The Morgan fingerprint density at radius 3 is 2.29 bits per heavy atom. The molecule has 0 aliphatic heterocycles. The highest BCUT2D eigenvalue weighted by Gasteiger charge is 2.28. The van der Waals surface area contributed by atoms with Crippen LogP contribution in [0, 0.1) is 18.2 Å². The SMILES string of the molecule is CCCCC(C=O)(CCCC)CSc1ccc(F)cc1C. The number of benzene rings is 1. The van der Waals surface area contributed by atoms with Crippen molar-refractivity contribution in [2.75, 3.05) is 5.75 Å². The average molecular weight is 310 g/mol. The fourth-order valence-corrected chi connectivity index (χ4v) is 3.73. The molecule has 0 N–H and O–H groups in total. The van der Waals surface area contributed by atoms with Gasteiger partial charge < -0.3 is 4.79 Å². The molecule has 0 heterocycles. The molecule has 0 saturated heterocycles. The lowest BCUT2D eigenvalue weighted by Gasteiger charge is -2.28. The summed E-state index contributed by atoms with van der Waals surface area (Å²) in [6.45, 7) is 6.24. The van der Waals surface area contributed by atoms with Crippen LogP contribution in [0.1, 0.15) is 57.9 Å². The van der Waals surface area contributed by atoms with Crippen LogP contribution >= 0.6 is 11.8 Å². The fourth-order valence-electron chi connectivity index (χ4n) is 2.48. The number of hydrogen-bond donors (Lipinski definition) is 0. The third-order valence-corrected chi connectivity index (χ3v) is 5.45. The van der Waals surface area contributed by atoms with Gasteiger partial charge in [-0.2, -0.15) is 0 Å². The molecule has 0 fully saturated rings. The zero-order valence-electron chi connectivity index (χ0n) is 13.5. The quantitative estimate of drug-likeness (QED) is 0.402. The first-order valence-corrected chi connectivity index (χ1v) is 8.90. The van der Waals surface area contributed by atoms with Crippen LogP contribution in [0.15, 0.2) is 23.1 Å². The molecule has 1 aromatic carbocycles. The van der Waals surface area contributed by atoms with Crippen LogP contribution in [0.3, 0.4) is 0 Å². The Hall–Kier alpha value is -0.830. The highest BCUT2D eigenvalue weighted by atomic mass is 32.2. The third kappa shape index (κ3) is 5.82. The van der Waals surface area contributed by atoms with Crippen LogP contribution < -0.4 is 0 Å². The van der Waals surface area contributed by atoms with E-state index in [9.17, 15) is 9.18 Å². The number of unbranched alkanes of at least 4 members (excludes halogenated alkanes) is 2. The maximum atomic E-state index is 13.2. The summed E-state index contributed by atoms with van der Waals surface area (Å²) in [6, 6.07) is 4.88. The van der Waals surface area contributed by atoms with Crippen molar-refractivity contribution >= 4 is 18.0 Å². The predicted molar refractivity (Wildman–Crippen MR) is 89.4 cm³/mol. The second kappa shape index (κ2) is 9.24. The first kappa shape index (κ1) is 18.2. The summed E-state index contributed by atoms with van der Waals surface area (Å²) in [5, 5.41) is 0. The van der Waals surface area contributed by atoms with E-state index in [-0.39, 0.29) is 11.2 Å². The molecule has 0 radical (unpaired) electrons. The number of thioether (sulfide) groups is 1. The van der Waals surface area contributed by atoms with Crippen LogP contribution in [0.2, 0.25) is 0 Å². The summed E-state index contributed by atoms with van der Waals surface area (Å²) in [5.74, 6) is 0.596. The number of carbonyl (C=O) groups excluding carboxylic acids is 1. The Balaban J connectivity index is 2.77. The van der Waals surface area contributed by atoms with Gasteiger partial charge in [-0.15, -0.1) is 11.8 Å². The van der Waals surface area contributed by atoms with E-state index in [0.29, 0.717) is 0 Å². The molecule has 0 spiro atoms. The second-order valence-electron chi connectivity index (χ2n) is 5.89. The van der Waals surface area contributed by atoms with Crippen LogP contribution in [0.25, 0.3) is 0 Å². The molecule has 118 valence electrons. The maximum absolute atomic E-state index is 13.2. The van der Waals surface area contributed by atoms with Gasteiger partial charge in [0.2, 0.25) is 0 Å². The fraction of sp³-hybridized carbons (Fsp3) is 0.611. The first-order chi connectivity index (χ1) is 10.1. The number of carbonyl (C=O) groups is 1. The lowest BCUT2D eigenvalue weighted by atomic mass is 9.81. The van der Waals surface area contributed by atoms with Crippen molar-refractivity contribution < 1.29 is 9.18 Å². The minimum atomic E-state index is -0.225. The topological polar surface area (TPSA) is 17.1 Å². The van der Waals surface area contributed by atoms with Gasteiger partial charge in [0.1, 0.15) is 12.1 Å². The molecule has 0 aromatic heterocycles. The van der Waals surface area contributed by atoms with Gasteiger partial charge in [-0.3, -0.25) is 0 Å². The smallest absolute Gasteiger partial charge is 0.126 e. The van der Waals surface area contributed by atoms with Crippen LogP contribution in [0.5, 0.6) is 0 Å². The van der Waals surface area contributed by atoms with E-state index in [1.807, 2.05) is 13.0 Å². The van der Waals surface area contributed by atoms with E-state index in [0.717, 1.165) is 54.7 Å². The molecule has 0 atom stereocenters. The summed E-state index contributed by atoms with van der Waals surface area (Å²) in [4.78, 5) is 12.8. The second-order valence-corrected chi connectivity index (χ2v) is 6.90. The molecule has 0 bridgehead atoms. The zero-order chi connectivity index (χ0) is 15.7. The van der Waals surface area contributed by atoms with Gasteiger partial charge in [0, 0.05) is 16.1 Å². The normalized spacial score (nSPS) is 11.6. The molecule has 0 unspecified atom stereocenters. The van der Waals surface area contributed by atoms with Gasteiger partial charge in [0.05, 0.1) is 0 Å². The van der Waals surface area contributed by atoms with Gasteiger partial charge in [0.25, 0.3) is 0 Å². The summed E-state index contributed by atoms with van der Waals surface area (Å²) in [5.41, 5.74) is 0.725. The van der Waals surface area contributed by atoms with Crippen molar-refractivity contribution in [3.8, 4) is 0 Å². The molecular formula is C18H27FOS. The Labute approximate surface area is 132 Å². The molecule has 3 heteroatoms. The average Bonchev–Trinajstić information content (AvgIpc) is 2.48. The van der Waals surface area contributed by atoms with Crippen molar-refractivity contribution in [3.63, 3.8) is 0 Å². The van der Waals surface area contributed by atoms with Gasteiger partial charge in [-0.25, -0.2) is 4.39 Å². The summed E-state index contributed by atoms with van der Waals surface area (Å²) in [7, 11) is 0. The molecule has 0 saturated carbocycles. The standard InChI is InChI=1S/C18H27FOS/c1-4-6-10-18(13-20,11-7-5-2)14-21-17-9-8-16(19)12-15(17)3/h8-9,12-13H,4-7,10-11,14H2,1-3H3. The largest absolute Gasteiger partial charge is 0.303 e. The molecule has 0 amide bonds. The van der Waals surface area contributed by atoms with Crippen molar-refractivity contribution in [3.05, 3.63) is 29.6 Å². The van der Waals surface area contributed by atoms with Crippen molar-refractivity contribution in [1.82, 2.24) is 0 Å². The van der Waals surface area contributed by atoms with Crippen molar-refractivity contribution in [2.45, 2.75) is 64.2 Å². The lowest BCUT2D eigenvalue weighted by molar-refractivity contribution is -0.116. The molecule has 0 aliphatic carbocycles. The van der Waals surface area contributed by atoms with E-state index in [4.69, 9.17) is 0 Å². The van der Waals surface area contributed by atoms with Crippen molar-refractivity contribution in [2.24, 2.45) is 5.41 Å². The minimum Gasteiger partial charge on any atom is -0.303 e. The highest BCUT2D eigenvalue weighted by molar-refractivity contribution is 7.99. The Kier molecular flexibility index (Phi) is 8.02. The Morgan fingerprint density at radius 2 is 1.81 bits per heavy atom. The van der Waals surface area contributed by atoms with Crippen LogP contribution in [0.4, 0.5) is 4.39 Å². The van der Waals surface area contributed by atoms with E-state index in [1.165, 1.54) is 12.4 Å². The number of halogens is 1. The summed E-state index contributed by atoms with van der Waals surface area (Å²) >= 11 is 1.69. The summed E-state index contributed by atoms with van der Waals surface area (Å²) < 4.78 is 13.2. The van der Waals surface area contributed by atoms with Gasteiger partial charge in [0.15, 0.2) is 0 Å². The zero-order valence-corrected chi connectivity index (χ0v) is 14.3. The predicted octanol–water partition coefficient (Wildman–Crippen LogP) is 5.79. The number of aryl methyl sites for hydroxylation is 1. The Morgan fingerprint density at radius 1 is 1.19 bits per heavy atom. The Bertz CT molecular complexity index is 437. The molecule has 21 heavy (non-hydrogen) atoms. The van der Waals surface area contributed by atoms with Gasteiger partial charge in [-0.1, -0.05) is 39.5 Å². The summed E-state index contributed by atoms with van der Waals surface area (Å²) in [6.07, 6.45) is 7.49. The molecule has 1 aromatic rings. The number of hydrogen-bond acceptors (Lipinski definition) is 2. The third-order valence-electron chi connectivity index (χ3n) is 3.96. The first-order valence-electron chi connectivity index (χ1n) is 7.92. The molecule has 0 aliphatic rings. The lowest BCUT2D eigenvalue weighted by Crippen LogP contribution is -2.26. The molecule has 1 rings (SSSR count). The monoisotopic (exact) mass is 310 g/mol. The maximum Gasteiger partial charge on any atom is 0.126 e. The van der Waals surface area contributed by atoms with Crippen LogP contribution in [-0.4, -0.2) is 12.0 Å². The number of rotatable bonds is 10. The number of aldehydes is 1. The van der Waals surface area contributed by atoms with Crippen LogP contribution in [-0.2, 0) is 4.79 Å². The molecular weight excluding hydrogens is 283 g/mol.